The SMILES string of the molecule is C=N/C(CCOc1ccc(CN(C)C)cc1)=C(/C)O. The van der Waals surface area contributed by atoms with Gasteiger partial charge >= 0.3 is 0 Å². The molecule has 0 bridgehead atoms. The van der Waals surface area contributed by atoms with E-state index >= 15 is 0 Å². The van der Waals surface area contributed by atoms with E-state index in [1.54, 1.807) is 6.92 Å². The molecule has 1 aromatic carbocycles. The van der Waals surface area contributed by atoms with Gasteiger partial charge in [-0.15, -0.1) is 0 Å². The lowest BCUT2D eigenvalue weighted by Gasteiger charge is -2.11. The topological polar surface area (TPSA) is 45.1 Å². The number of hydrogen-bond acceptors (Lipinski definition) is 4. The predicted octanol–water partition coefficient (Wildman–Crippen LogP) is 3.01. The van der Waals surface area contributed by atoms with Crippen molar-refractivity contribution in [2.75, 3.05) is 20.7 Å². The van der Waals surface area contributed by atoms with E-state index in [2.05, 4.69) is 28.7 Å². The highest BCUT2D eigenvalue weighted by molar-refractivity contribution is 5.30. The van der Waals surface area contributed by atoms with Crippen LogP contribution in [0.4, 0.5) is 0 Å². The summed E-state index contributed by atoms with van der Waals surface area (Å²) < 4.78 is 5.60. The van der Waals surface area contributed by atoms with Crippen molar-refractivity contribution in [2.24, 2.45) is 4.99 Å². The van der Waals surface area contributed by atoms with Crippen LogP contribution in [0.2, 0.25) is 0 Å². The molecular weight excluding hydrogens is 240 g/mol. The van der Waals surface area contributed by atoms with Gasteiger partial charge < -0.3 is 14.7 Å². The second kappa shape index (κ2) is 7.59. The molecule has 0 amide bonds. The molecule has 0 atom stereocenters. The minimum Gasteiger partial charge on any atom is -0.511 e. The summed E-state index contributed by atoms with van der Waals surface area (Å²) in [5.74, 6) is 1.02. The van der Waals surface area contributed by atoms with Crippen molar-refractivity contribution in [1.29, 1.82) is 0 Å². The molecule has 1 rings (SSSR count). The van der Waals surface area contributed by atoms with E-state index in [1.807, 2.05) is 26.2 Å². The van der Waals surface area contributed by atoms with E-state index in [9.17, 15) is 5.11 Å². The number of hydrogen-bond donors (Lipinski definition) is 1. The fourth-order valence-corrected chi connectivity index (χ4v) is 1.70. The van der Waals surface area contributed by atoms with E-state index < -0.39 is 0 Å². The average molecular weight is 262 g/mol. The monoisotopic (exact) mass is 262 g/mol. The molecule has 0 aliphatic carbocycles. The standard InChI is InChI=1S/C15H22N2O2/c1-12(18)15(16-2)9-10-19-14-7-5-13(6-8-14)11-17(3)4/h5-8,18H,2,9-11H2,1,3-4H3/b15-12-. The van der Waals surface area contributed by atoms with Crippen LogP contribution in [-0.4, -0.2) is 37.4 Å². The van der Waals surface area contributed by atoms with Crippen molar-refractivity contribution in [3.05, 3.63) is 41.3 Å². The van der Waals surface area contributed by atoms with E-state index in [0.29, 0.717) is 18.7 Å². The third-order valence-electron chi connectivity index (χ3n) is 2.64. The molecule has 19 heavy (non-hydrogen) atoms. The van der Waals surface area contributed by atoms with E-state index in [0.717, 1.165) is 12.3 Å². The van der Waals surface area contributed by atoms with Crippen molar-refractivity contribution in [2.45, 2.75) is 19.9 Å². The molecule has 0 aliphatic rings. The van der Waals surface area contributed by atoms with Crippen LogP contribution in [0, 0.1) is 0 Å². The summed E-state index contributed by atoms with van der Waals surface area (Å²) in [6, 6.07) is 8.01. The summed E-state index contributed by atoms with van der Waals surface area (Å²) in [4.78, 5) is 5.88. The highest BCUT2D eigenvalue weighted by Crippen LogP contribution is 2.15. The van der Waals surface area contributed by atoms with E-state index in [-0.39, 0.29) is 5.76 Å². The third-order valence-corrected chi connectivity index (χ3v) is 2.64. The molecule has 4 nitrogen and oxygen atoms in total. The number of aliphatic imine (C=N–C) groups is 1. The molecule has 104 valence electrons. The van der Waals surface area contributed by atoms with Crippen LogP contribution < -0.4 is 4.74 Å². The van der Waals surface area contributed by atoms with Gasteiger partial charge in [0, 0.05) is 13.0 Å². The van der Waals surface area contributed by atoms with Gasteiger partial charge in [0.25, 0.3) is 0 Å². The fraction of sp³-hybridized carbons (Fsp3) is 0.400. The molecule has 0 unspecified atom stereocenters. The first-order valence-corrected chi connectivity index (χ1v) is 6.25. The first kappa shape index (κ1) is 15.2. The molecule has 1 aromatic rings. The minimum absolute atomic E-state index is 0.194. The molecule has 0 aliphatic heterocycles. The lowest BCUT2D eigenvalue weighted by atomic mass is 10.2. The highest BCUT2D eigenvalue weighted by Gasteiger charge is 2.01. The summed E-state index contributed by atoms with van der Waals surface area (Å²) in [6.07, 6.45) is 0.547. The number of rotatable bonds is 7. The molecule has 0 saturated heterocycles. The minimum atomic E-state index is 0.194. The first-order chi connectivity index (χ1) is 9.02. The molecule has 0 aromatic heterocycles. The zero-order chi connectivity index (χ0) is 14.3. The van der Waals surface area contributed by atoms with Gasteiger partial charge in [-0.05, 0) is 45.4 Å². The molecule has 0 heterocycles. The number of benzene rings is 1. The van der Waals surface area contributed by atoms with Gasteiger partial charge in [-0.25, -0.2) is 0 Å². The number of aliphatic hydroxyl groups is 1. The number of aliphatic hydroxyl groups excluding tert-OH is 1. The predicted molar refractivity (Wildman–Crippen MR) is 78.8 cm³/mol. The van der Waals surface area contributed by atoms with Gasteiger partial charge in [0.05, 0.1) is 12.3 Å². The summed E-state index contributed by atoms with van der Waals surface area (Å²) in [5.41, 5.74) is 1.82. The summed E-state index contributed by atoms with van der Waals surface area (Å²) in [6.45, 7) is 6.40. The van der Waals surface area contributed by atoms with Crippen molar-refractivity contribution in [1.82, 2.24) is 4.90 Å². The van der Waals surface area contributed by atoms with Gasteiger partial charge in [0.15, 0.2) is 0 Å². The first-order valence-electron chi connectivity index (χ1n) is 6.25. The van der Waals surface area contributed by atoms with Gasteiger partial charge in [0.1, 0.15) is 11.5 Å². The maximum atomic E-state index is 9.32. The Balaban J connectivity index is 2.46. The molecule has 0 fully saturated rings. The molecular formula is C15H22N2O2. The Hall–Kier alpha value is -1.81. The quantitative estimate of drug-likeness (QED) is 0.607. The lowest BCUT2D eigenvalue weighted by Crippen LogP contribution is -2.10. The lowest BCUT2D eigenvalue weighted by molar-refractivity contribution is 0.315. The Morgan fingerprint density at radius 3 is 2.42 bits per heavy atom. The van der Waals surface area contributed by atoms with Crippen LogP contribution in [0.25, 0.3) is 0 Å². The Morgan fingerprint density at radius 2 is 1.95 bits per heavy atom. The van der Waals surface area contributed by atoms with Gasteiger partial charge in [0.2, 0.25) is 0 Å². The van der Waals surface area contributed by atoms with Crippen molar-refractivity contribution in [3.8, 4) is 5.75 Å². The van der Waals surface area contributed by atoms with Crippen molar-refractivity contribution < 1.29 is 9.84 Å². The Morgan fingerprint density at radius 1 is 1.32 bits per heavy atom. The van der Waals surface area contributed by atoms with Crippen LogP contribution in [0.1, 0.15) is 18.9 Å². The smallest absolute Gasteiger partial charge is 0.119 e. The highest BCUT2D eigenvalue weighted by atomic mass is 16.5. The average Bonchev–Trinajstić information content (AvgIpc) is 2.35. The summed E-state index contributed by atoms with van der Waals surface area (Å²) in [7, 11) is 4.08. The second-order valence-electron chi connectivity index (χ2n) is 4.67. The van der Waals surface area contributed by atoms with E-state index in [1.165, 1.54) is 5.56 Å². The van der Waals surface area contributed by atoms with Crippen LogP contribution in [0.3, 0.4) is 0 Å². The largest absolute Gasteiger partial charge is 0.511 e. The number of allylic oxidation sites excluding steroid dienone is 1. The third kappa shape index (κ3) is 5.57. The zero-order valence-corrected chi connectivity index (χ0v) is 11.9. The van der Waals surface area contributed by atoms with Gasteiger partial charge in [-0.1, -0.05) is 12.1 Å². The van der Waals surface area contributed by atoms with Crippen LogP contribution in [0.5, 0.6) is 5.75 Å². The van der Waals surface area contributed by atoms with Crippen molar-refractivity contribution >= 4 is 6.72 Å². The Kier molecular flexibility index (Phi) is 6.09. The molecule has 0 radical (unpaired) electrons. The van der Waals surface area contributed by atoms with Crippen LogP contribution >= 0.6 is 0 Å². The summed E-state index contributed by atoms with van der Waals surface area (Å²) >= 11 is 0. The molecule has 1 N–H and O–H groups in total. The number of ether oxygens (including phenoxy) is 1. The Labute approximate surface area is 115 Å². The van der Waals surface area contributed by atoms with Gasteiger partial charge in [-0.2, -0.15) is 0 Å². The second-order valence-corrected chi connectivity index (χ2v) is 4.67. The fourth-order valence-electron chi connectivity index (χ4n) is 1.70. The van der Waals surface area contributed by atoms with Crippen molar-refractivity contribution in [3.63, 3.8) is 0 Å². The molecule has 0 spiro atoms. The Bertz CT molecular complexity index is 432. The molecule has 0 saturated carbocycles. The number of nitrogens with zero attached hydrogens (tertiary/aromatic N) is 2. The maximum absolute atomic E-state index is 9.32. The van der Waals surface area contributed by atoms with Crippen LogP contribution in [-0.2, 0) is 6.54 Å². The maximum Gasteiger partial charge on any atom is 0.119 e. The van der Waals surface area contributed by atoms with Gasteiger partial charge in [-0.3, -0.25) is 4.99 Å². The molecule has 4 heteroatoms. The zero-order valence-electron chi connectivity index (χ0n) is 11.9. The van der Waals surface area contributed by atoms with E-state index in [4.69, 9.17) is 4.74 Å². The normalized spacial score (nSPS) is 12.2. The van der Waals surface area contributed by atoms with Crippen LogP contribution in [0.15, 0.2) is 40.7 Å². The summed E-state index contributed by atoms with van der Waals surface area (Å²) in [5, 5.41) is 9.32.